The molecule has 1 aliphatic heterocycles. The fraction of sp³-hybridized carbons (Fsp3) is 0.435. The fourth-order valence-corrected chi connectivity index (χ4v) is 5.35. The molecule has 0 aliphatic carbocycles. The first-order chi connectivity index (χ1) is 15.8. The first-order valence-electron chi connectivity index (χ1n) is 11.0. The Balaban J connectivity index is 1.66. The molecule has 178 valence electrons. The maximum absolute atomic E-state index is 13.2. The predicted octanol–water partition coefficient (Wildman–Crippen LogP) is 3.15. The number of esters is 1. The number of hydrogen-bond acceptors (Lipinski definition) is 7. The summed E-state index contributed by atoms with van der Waals surface area (Å²) in [5.74, 6) is -1.20. The zero-order chi connectivity index (χ0) is 23.8. The Morgan fingerprint density at radius 2 is 1.85 bits per heavy atom. The number of amides is 1. The van der Waals surface area contributed by atoms with Gasteiger partial charge in [-0.3, -0.25) is 4.79 Å². The number of aromatic nitrogens is 1. The Hall–Kier alpha value is -2.98. The molecule has 0 bridgehead atoms. The van der Waals surface area contributed by atoms with Gasteiger partial charge in [-0.15, -0.1) is 0 Å². The lowest BCUT2D eigenvalue weighted by atomic mass is 10.2. The van der Waals surface area contributed by atoms with Crippen molar-refractivity contribution in [1.82, 2.24) is 9.29 Å². The van der Waals surface area contributed by atoms with E-state index in [0.29, 0.717) is 30.9 Å². The van der Waals surface area contributed by atoms with Crippen LogP contribution in [0.4, 0.5) is 5.69 Å². The molecule has 1 N–H and O–H groups in total. The molecule has 0 saturated carbocycles. The highest BCUT2D eigenvalue weighted by atomic mass is 32.2. The van der Waals surface area contributed by atoms with Gasteiger partial charge in [0.05, 0.1) is 11.5 Å². The normalized spacial score (nSPS) is 14.8. The van der Waals surface area contributed by atoms with Crippen LogP contribution < -0.4 is 10.1 Å². The number of nitrogens with one attached hydrogen (secondary N) is 1. The minimum absolute atomic E-state index is 0.119. The molecule has 9 nitrogen and oxygen atoms in total. The van der Waals surface area contributed by atoms with E-state index in [1.807, 2.05) is 0 Å². The standard InChI is InChI=1S/C23H29N3O6S/c1-3-31-22-19(9-8-12-24-22)23(28)32-16-21(27)25-18-11-10-17(2)20(15-18)33(29,30)26-13-6-4-5-7-14-26/h8-12,15H,3-7,13-14,16H2,1-2H3,(H,25,27). The van der Waals surface area contributed by atoms with Gasteiger partial charge >= 0.3 is 5.97 Å². The van der Waals surface area contributed by atoms with Crippen LogP contribution in [0.15, 0.2) is 41.4 Å². The minimum atomic E-state index is -3.67. The van der Waals surface area contributed by atoms with Crippen LogP contribution in [0.3, 0.4) is 0 Å². The SMILES string of the molecule is CCOc1ncccc1C(=O)OCC(=O)Nc1ccc(C)c(S(=O)(=O)N2CCCCCC2)c1. The second kappa shape index (κ2) is 11.2. The maximum Gasteiger partial charge on any atom is 0.344 e. The molecule has 1 amide bonds. The number of carbonyl (C=O) groups excluding carboxylic acids is 2. The van der Waals surface area contributed by atoms with Crippen LogP contribution in [-0.4, -0.2) is 55.9 Å². The van der Waals surface area contributed by atoms with E-state index in [-0.39, 0.29) is 16.3 Å². The van der Waals surface area contributed by atoms with Crippen LogP contribution in [0.1, 0.15) is 48.5 Å². The number of aryl methyl sites for hydroxylation is 1. The van der Waals surface area contributed by atoms with E-state index >= 15 is 0 Å². The molecule has 1 aromatic carbocycles. The molecular weight excluding hydrogens is 446 g/mol. The van der Waals surface area contributed by atoms with Crippen molar-refractivity contribution in [2.45, 2.75) is 44.4 Å². The second-order valence-corrected chi connectivity index (χ2v) is 9.62. The van der Waals surface area contributed by atoms with E-state index in [2.05, 4.69) is 10.3 Å². The molecule has 3 rings (SSSR count). The van der Waals surface area contributed by atoms with Gasteiger partial charge in [-0.05, 0) is 56.5 Å². The third kappa shape index (κ3) is 6.29. The summed E-state index contributed by atoms with van der Waals surface area (Å²) >= 11 is 0. The Kier molecular flexibility index (Phi) is 8.40. The summed E-state index contributed by atoms with van der Waals surface area (Å²) in [5.41, 5.74) is 1.03. The van der Waals surface area contributed by atoms with Crippen molar-refractivity contribution in [3.63, 3.8) is 0 Å². The highest BCUT2D eigenvalue weighted by Crippen LogP contribution is 2.26. The molecule has 1 saturated heterocycles. The number of hydrogen-bond donors (Lipinski definition) is 1. The van der Waals surface area contributed by atoms with Crippen molar-refractivity contribution < 1.29 is 27.5 Å². The molecule has 0 spiro atoms. The van der Waals surface area contributed by atoms with E-state index < -0.39 is 28.5 Å². The summed E-state index contributed by atoms with van der Waals surface area (Å²) in [6, 6.07) is 7.78. The first-order valence-corrected chi connectivity index (χ1v) is 12.4. The highest BCUT2D eigenvalue weighted by Gasteiger charge is 2.27. The second-order valence-electron chi connectivity index (χ2n) is 7.71. The van der Waals surface area contributed by atoms with Crippen molar-refractivity contribution in [3.05, 3.63) is 47.7 Å². The number of carbonyl (C=O) groups is 2. The molecule has 10 heteroatoms. The lowest BCUT2D eigenvalue weighted by molar-refractivity contribution is -0.119. The lowest BCUT2D eigenvalue weighted by Gasteiger charge is -2.21. The van der Waals surface area contributed by atoms with E-state index in [0.717, 1.165) is 25.7 Å². The van der Waals surface area contributed by atoms with Crippen LogP contribution in [0.5, 0.6) is 5.88 Å². The van der Waals surface area contributed by atoms with Crippen molar-refractivity contribution >= 4 is 27.6 Å². The van der Waals surface area contributed by atoms with Gasteiger partial charge in [0.25, 0.3) is 5.91 Å². The molecule has 2 heterocycles. The van der Waals surface area contributed by atoms with Gasteiger partial charge in [-0.25, -0.2) is 18.2 Å². The lowest BCUT2D eigenvalue weighted by Crippen LogP contribution is -2.32. The third-order valence-corrected chi connectivity index (χ3v) is 7.30. The number of rotatable bonds is 8. The third-order valence-electron chi connectivity index (χ3n) is 5.26. The first kappa shape index (κ1) is 24.7. The molecule has 33 heavy (non-hydrogen) atoms. The molecule has 0 unspecified atom stereocenters. The largest absolute Gasteiger partial charge is 0.477 e. The van der Waals surface area contributed by atoms with Crippen LogP contribution in [0.2, 0.25) is 0 Å². The summed E-state index contributed by atoms with van der Waals surface area (Å²) in [5, 5.41) is 2.60. The Morgan fingerprint density at radius 1 is 1.12 bits per heavy atom. The number of benzene rings is 1. The Labute approximate surface area is 194 Å². The van der Waals surface area contributed by atoms with Crippen molar-refractivity contribution in [3.8, 4) is 5.88 Å². The van der Waals surface area contributed by atoms with Gasteiger partial charge in [-0.1, -0.05) is 18.9 Å². The van der Waals surface area contributed by atoms with Crippen LogP contribution in [0, 0.1) is 6.92 Å². The number of ether oxygens (including phenoxy) is 2. The summed E-state index contributed by atoms with van der Waals surface area (Å²) < 4.78 is 38.3. The Morgan fingerprint density at radius 3 is 2.55 bits per heavy atom. The maximum atomic E-state index is 13.2. The zero-order valence-corrected chi connectivity index (χ0v) is 19.7. The monoisotopic (exact) mass is 475 g/mol. The number of anilines is 1. The molecule has 0 atom stereocenters. The van der Waals surface area contributed by atoms with Gasteiger partial charge in [0.15, 0.2) is 6.61 Å². The van der Waals surface area contributed by atoms with Crippen molar-refractivity contribution in [2.24, 2.45) is 0 Å². The van der Waals surface area contributed by atoms with Gasteiger partial charge in [0, 0.05) is 25.0 Å². The molecule has 0 radical (unpaired) electrons. The summed E-state index contributed by atoms with van der Waals surface area (Å²) in [4.78, 5) is 28.8. The van der Waals surface area contributed by atoms with Crippen LogP contribution >= 0.6 is 0 Å². The average molecular weight is 476 g/mol. The van der Waals surface area contributed by atoms with Gasteiger partial charge in [0.2, 0.25) is 15.9 Å². The molecule has 1 aromatic heterocycles. The fourth-order valence-electron chi connectivity index (χ4n) is 3.58. The average Bonchev–Trinajstić information content (AvgIpc) is 3.09. The predicted molar refractivity (Wildman–Crippen MR) is 123 cm³/mol. The summed E-state index contributed by atoms with van der Waals surface area (Å²) in [6.45, 7) is 4.26. The molecule has 2 aromatic rings. The number of sulfonamides is 1. The molecule has 1 aliphatic rings. The van der Waals surface area contributed by atoms with Crippen molar-refractivity contribution in [1.29, 1.82) is 0 Å². The summed E-state index contributed by atoms with van der Waals surface area (Å²) in [6.07, 6.45) is 5.20. The molecular formula is C23H29N3O6S. The van der Waals surface area contributed by atoms with Gasteiger partial charge in [-0.2, -0.15) is 4.31 Å². The van der Waals surface area contributed by atoms with E-state index in [1.54, 1.807) is 32.0 Å². The number of nitrogens with zero attached hydrogens (tertiary/aromatic N) is 2. The van der Waals surface area contributed by atoms with Crippen molar-refractivity contribution in [2.75, 3.05) is 31.6 Å². The highest BCUT2D eigenvalue weighted by molar-refractivity contribution is 7.89. The Bertz CT molecular complexity index is 1100. The quantitative estimate of drug-likeness (QED) is 0.583. The topological polar surface area (TPSA) is 115 Å². The number of pyridine rings is 1. The van der Waals surface area contributed by atoms with Crippen LogP contribution in [0.25, 0.3) is 0 Å². The zero-order valence-electron chi connectivity index (χ0n) is 18.9. The minimum Gasteiger partial charge on any atom is -0.477 e. The van der Waals surface area contributed by atoms with Gasteiger partial charge < -0.3 is 14.8 Å². The summed E-state index contributed by atoms with van der Waals surface area (Å²) in [7, 11) is -3.67. The van der Waals surface area contributed by atoms with Crippen LogP contribution in [-0.2, 0) is 19.6 Å². The van der Waals surface area contributed by atoms with E-state index in [9.17, 15) is 18.0 Å². The van der Waals surface area contributed by atoms with Gasteiger partial charge in [0.1, 0.15) is 5.56 Å². The smallest absolute Gasteiger partial charge is 0.344 e. The van der Waals surface area contributed by atoms with E-state index in [1.165, 1.54) is 22.6 Å². The molecule has 1 fully saturated rings. The van der Waals surface area contributed by atoms with E-state index in [4.69, 9.17) is 9.47 Å².